The highest BCUT2D eigenvalue weighted by molar-refractivity contribution is 5.79. The van der Waals surface area contributed by atoms with Crippen LogP contribution < -0.4 is 10.6 Å². The van der Waals surface area contributed by atoms with Crippen LogP contribution in [0.4, 0.5) is 8.78 Å². The van der Waals surface area contributed by atoms with Crippen molar-refractivity contribution in [3.8, 4) is 0 Å². The number of hydrogen-bond acceptors (Lipinski definition) is 4. The normalized spacial score (nSPS) is 25.3. The van der Waals surface area contributed by atoms with E-state index in [1.807, 2.05) is 18.2 Å². The molecule has 2 N–H and O–H groups in total. The first-order valence-corrected chi connectivity index (χ1v) is 15.0. The van der Waals surface area contributed by atoms with Crippen LogP contribution in [0.3, 0.4) is 0 Å². The molecule has 4 atom stereocenters. The van der Waals surface area contributed by atoms with E-state index in [1.165, 1.54) is 24.2 Å². The SMILES string of the molecule is Cc1nc2c(n1C(C)CC1CCC(C)N1CCC(NC(=O)C1CCC(F)(F)CC1)c1ccccc1)CCNC2. The molecule has 1 saturated heterocycles. The van der Waals surface area contributed by atoms with Crippen LogP contribution in [0.5, 0.6) is 0 Å². The quantitative estimate of drug-likeness (QED) is 0.427. The summed E-state index contributed by atoms with van der Waals surface area (Å²) in [4.78, 5) is 20.7. The van der Waals surface area contributed by atoms with Crippen molar-refractivity contribution >= 4 is 5.91 Å². The zero-order valence-electron chi connectivity index (χ0n) is 23.8. The van der Waals surface area contributed by atoms with Gasteiger partial charge >= 0.3 is 0 Å². The first-order valence-electron chi connectivity index (χ1n) is 15.0. The number of halogens is 2. The highest BCUT2D eigenvalue weighted by atomic mass is 19.3. The maximum absolute atomic E-state index is 13.7. The Hall–Kier alpha value is -2.32. The summed E-state index contributed by atoms with van der Waals surface area (Å²) in [6, 6.07) is 11.4. The van der Waals surface area contributed by atoms with Gasteiger partial charge in [-0.3, -0.25) is 9.69 Å². The molecule has 6 nitrogen and oxygen atoms in total. The molecule has 1 saturated carbocycles. The van der Waals surface area contributed by atoms with Gasteiger partial charge in [-0.1, -0.05) is 30.3 Å². The molecule has 8 heteroatoms. The molecule has 1 aromatic heterocycles. The number of hydrogen-bond donors (Lipinski definition) is 2. The largest absolute Gasteiger partial charge is 0.349 e. The summed E-state index contributed by atoms with van der Waals surface area (Å²) in [7, 11) is 0. The highest BCUT2D eigenvalue weighted by Gasteiger charge is 2.38. The van der Waals surface area contributed by atoms with Crippen molar-refractivity contribution in [1.82, 2.24) is 25.1 Å². The molecule has 3 aliphatic rings. The number of aryl methyl sites for hydroxylation is 1. The maximum Gasteiger partial charge on any atom is 0.248 e. The number of carbonyl (C=O) groups is 1. The van der Waals surface area contributed by atoms with Crippen LogP contribution >= 0.6 is 0 Å². The molecule has 0 bridgehead atoms. The number of nitrogens with one attached hydrogen (secondary N) is 2. The lowest BCUT2D eigenvalue weighted by Crippen LogP contribution is -2.41. The molecule has 2 aromatic rings. The fourth-order valence-corrected chi connectivity index (χ4v) is 7.21. The van der Waals surface area contributed by atoms with Crippen LogP contribution in [0.25, 0.3) is 0 Å². The van der Waals surface area contributed by atoms with Gasteiger partial charge in [-0.15, -0.1) is 0 Å². The third-order valence-corrected chi connectivity index (χ3v) is 9.39. The molecule has 2 aliphatic heterocycles. The Labute approximate surface area is 231 Å². The minimum Gasteiger partial charge on any atom is -0.349 e. The van der Waals surface area contributed by atoms with E-state index in [9.17, 15) is 13.6 Å². The van der Waals surface area contributed by atoms with Crippen molar-refractivity contribution in [2.75, 3.05) is 13.1 Å². The van der Waals surface area contributed by atoms with E-state index < -0.39 is 5.92 Å². The van der Waals surface area contributed by atoms with Crippen LogP contribution in [0.15, 0.2) is 30.3 Å². The first kappa shape index (κ1) is 28.2. The lowest BCUT2D eigenvalue weighted by Gasteiger charge is -2.33. The number of fused-ring (bicyclic) bond motifs is 1. The average Bonchev–Trinajstić information content (AvgIpc) is 3.44. The molecule has 0 radical (unpaired) electrons. The predicted molar refractivity (Wildman–Crippen MR) is 150 cm³/mol. The number of carbonyl (C=O) groups excluding carboxylic acids is 1. The molecule has 39 heavy (non-hydrogen) atoms. The predicted octanol–water partition coefficient (Wildman–Crippen LogP) is 5.71. The van der Waals surface area contributed by atoms with Crippen molar-refractivity contribution in [3.05, 3.63) is 53.1 Å². The molecule has 5 rings (SSSR count). The Morgan fingerprint density at radius 1 is 1.18 bits per heavy atom. The smallest absolute Gasteiger partial charge is 0.248 e. The highest BCUT2D eigenvalue weighted by Crippen LogP contribution is 2.37. The van der Waals surface area contributed by atoms with E-state index in [2.05, 4.69) is 53.0 Å². The number of imidazole rings is 1. The Morgan fingerprint density at radius 3 is 2.67 bits per heavy atom. The molecule has 4 unspecified atom stereocenters. The van der Waals surface area contributed by atoms with Crippen LogP contribution in [-0.2, 0) is 17.8 Å². The van der Waals surface area contributed by atoms with Crippen LogP contribution in [-0.4, -0.2) is 51.5 Å². The number of benzene rings is 1. The van der Waals surface area contributed by atoms with E-state index in [0.717, 1.165) is 50.3 Å². The summed E-state index contributed by atoms with van der Waals surface area (Å²) in [6.45, 7) is 9.54. The van der Waals surface area contributed by atoms with Crippen LogP contribution in [0.1, 0.15) is 100 Å². The Morgan fingerprint density at radius 2 is 1.92 bits per heavy atom. The fraction of sp³-hybridized carbons (Fsp3) is 0.677. The second-order valence-corrected chi connectivity index (χ2v) is 12.1. The number of alkyl halides is 2. The molecule has 1 aliphatic carbocycles. The average molecular weight is 542 g/mol. The topological polar surface area (TPSA) is 62.2 Å². The van der Waals surface area contributed by atoms with E-state index >= 15 is 0 Å². The summed E-state index contributed by atoms with van der Waals surface area (Å²) in [5, 5.41) is 6.70. The number of likely N-dealkylation sites (tertiary alicyclic amines) is 1. The van der Waals surface area contributed by atoms with Crippen LogP contribution in [0.2, 0.25) is 0 Å². The van der Waals surface area contributed by atoms with Gasteiger partial charge in [0.15, 0.2) is 0 Å². The standard InChI is InChI=1S/C31H45F2N5O/c1-21-9-10-26(19-22(2)38-23(3)35-28-20-34-17-13-29(28)38)37(21)18-14-27(24-7-5-4-6-8-24)36-30(39)25-11-15-31(32,33)16-12-25/h4-8,21-22,25-27,34H,9-20H2,1-3H3,(H,36,39). The minimum atomic E-state index is -2.63. The third kappa shape index (κ3) is 6.54. The summed E-state index contributed by atoms with van der Waals surface area (Å²) in [5.74, 6) is -1.91. The number of amides is 1. The van der Waals surface area contributed by atoms with Gasteiger partial charge in [0.05, 0.1) is 11.7 Å². The minimum absolute atomic E-state index is 0.0751. The lowest BCUT2D eigenvalue weighted by molar-refractivity contribution is -0.130. The maximum atomic E-state index is 13.7. The molecule has 1 aromatic carbocycles. The zero-order valence-corrected chi connectivity index (χ0v) is 23.8. The molecule has 2 fully saturated rings. The van der Waals surface area contributed by atoms with Gasteiger partial charge in [0.25, 0.3) is 0 Å². The molecule has 214 valence electrons. The summed E-state index contributed by atoms with van der Waals surface area (Å²) in [6.07, 6.45) is 5.42. The van der Waals surface area contributed by atoms with E-state index in [1.54, 1.807) is 0 Å². The Kier molecular flexibility index (Phi) is 8.72. The Balaban J connectivity index is 1.24. The summed E-state index contributed by atoms with van der Waals surface area (Å²) >= 11 is 0. The second-order valence-electron chi connectivity index (χ2n) is 12.1. The van der Waals surface area contributed by atoms with Gasteiger partial charge < -0.3 is 15.2 Å². The fourth-order valence-electron chi connectivity index (χ4n) is 7.21. The third-order valence-electron chi connectivity index (χ3n) is 9.39. The molecular weight excluding hydrogens is 496 g/mol. The van der Waals surface area contributed by atoms with Gasteiger partial charge in [0.1, 0.15) is 5.82 Å². The van der Waals surface area contributed by atoms with Gasteiger partial charge in [0.2, 0.25) is 11.8 Å². The molecule has 1 amide bonds. The van der Waals surface area contributed by atoms with Crippen molar-refractivity contribution in [2.24, 2.45) is 5.92 Å². The Bertz CT molecular complexity index is 1110. The number of rotatable bonds is 9. The van der Waals surface area contributed by atoms with Gasteiger partial charge in [-0.05, 0) is 64.9 Å². The molecule has 0 spiro atoms. The summed E-state index contributed by atoms with van der Waals surface area (Å²) < 4.78 is 29.8. The van der Waals surface area contributed by atoms with Crippen molar-refractivity contribution < 1.29 is 13.6 Å². The molecule has 3 heterocycles. The monoisotopic (exact) mass is 541 g/mol. The summed E-state index contributed by atoms with van der Waals surface area (Å²) in [5.41, 5.74) is 3.67. The van der Waals surface area contributed by atoms with Crippen molar-refractivity contribution in [1.29, 1.82) is 0 Å². The lowest BCUT2D eigenvalue weighted by atomic mass is 9.86. The zero-order chi connectivity index (χ0) is 27.6. The van der Waals surface area contributed by atoms with Gasteiger partial charge in [-0.25, -0.2) is 13.8 Å². The van der Waals surface area contributed by atoms with E-state index in [4.69, 9.17) is 4.98 Å². The van der Waals surface area contributed by atoms with Crippen molar-refractivity contribution in [3.63, 3.8) is 0 Å². The molecular formula is C31H45F2N5O. The number of aromatic nitrogens is 2. The number of nitrogens with zero attached hydrogens (tertiary/aromatic N) is 3. The van der Waals surface area contributed by atoms with Gasteiger partial charge in [-0.2, -0.15) is 0 Å². The van der Waals surface area contributed by atoms with Crippen molar-refractivity contribution in [2.45, 2.75) is 115 Å². The second kappa shape index (κ2) is 12.0. The van der Waals surface area contributed by atoms with Crippen LogP contribution in [0, 0.1) is 12.8 Å². The first-order chi connectivity index (χ1) is 18.7. The van der Waals surface area contributed by atoms with E-state index in [-0.39, 0.29) is 43.6 Å². The van der Waals surface area contributed by atoms with E-state index in [0.29, 0.717) is 18.1 Å². The van der Waals surface area contributed by atoms with Gasteiger partial charge in [0, 0.05) is 68.6 Å².